The molecule has 1 saturated carbocycles. The lowest BCUT2D eigenvalue weighted by atomic mass is 9.89. The molecule has 0 amide bonds. The molecular weight excluding hydrogens is 227 g/mol. The van der Waals surface area contributed by atoms with Crippen LogP contribution in [-0.4, -0.2) is 15.6 Å². The van der Waals surface area contributed by atoms with Crippen LogP contribution in [0.3, 0.4) is 0 Å². The molecule has 2 heteroatoms. The van der Waals surface area contributed by atoms with Gasteiger partial charge in [-0.1, -0.05) is 29.0 Å². The van der Waals surface area contributed by atoms with Crippen LogP contribution in [0.4, 0.5) is 0 Å². The lowest BCUT2D eigenvalue weighted by Crippen LogP contribution is -2.19. The van der Waals surface area contributed by atoms with Crippen molar-refractivity contribution in [3.8, 4) is 0 Å². The van der Waals surface area contributed by atoms with Crippen LogP contribution in [0.5, 0.6) is 0 Å². The molecule has 1 nitrogen and oxygen atoms in total. The van der Waals surface area contributed by atoms with E-state index in [2.05, 4.69) is 22.6 Å². The van der Waals surface area contributed by atoms with Crippen molar-refractivity contribution in [1.82, 2.24) is 0 Å². The first-order chi connectivity index (χ1) is 4.33. The van der Waals surface area contributed by atoms with Gasteiger partial charge in [0.2, 0.25) is 0 Å². The zero-order valence-electron chi connectivity index (χ0n) is 5.52. The van der Waals surface area contributed by atoms with Crippen molar-refractivity contribution in [3.05, 3.63) is 0 Å². The van der Waals surface area contributed by atoms with Crippen LogP contribution in [0.15, 0.2) is 0 Å². The van der Waals surface area contributed by atoms with Gasteiger partial charge in [-0.3, -0.25) is 0 Å². The van der Waals surface area contributed by atoms with E-state index in [1.165, 1.54) is 17.3 Å². The van der Waals surface area contributed by atoms with E-state index in [1.807, 2.05) is 0 Å². The fraction of sp³-hybridized carbons (Fsp3) is 1.00. The topological polar surface area (TPSA) is 20.2 Å². The Bertz CT molecular complexity index is 85.0. The maximum absolute atomic E-state index is 9.21. The molecule has 0 radical (unpaired) electrons. The number of rotatable bonds is 1. The van der Waals surface area contributed by atoms with E-state index in [-0.39, 0.29) is 6.10 Å². The van der Waals surface area contributed by atoms with Gasteiger partial charge >= 0.3 is 0 Å². The van der Waals surface area contributed by atoms with Gasteiger partial charge in [0.25, 0.3) is 0 Å². The Labute approximate surface area is 70.0 Å². The summed E-state index contributed by atoms with van der Waals surface area (Å²) in [5.41, 5.74) is 0. The van der Waals surface area contributed by atoms with Gasteiger partial charge in [-0.15, -0.1) is 0 Å². The van der Waals surface area contributed by atoms with Crippen molar-refractivity contribution in [2.45, 2.75) is 31.8 Å². The van der Waals surface area contributed by atoms with Gasteiger partial charge < -0.3 is 5.11 Å². The SMILES string of the molecule is OC1CCCC(CI)C1. The molecule has 1 aliphatic rings. The van der Waals surface area contributed by atoms with E-state index >= 15 is 0 Å². The van der Waals surface area contributed by atoms with Crippen molar-refractivity contribution in [3.63, 3.8) is 0 Å². The Morgan fingerprint density at radius 1 is 1.44 bits per heavy atom. The number of hydrogen-bond acceptors (Lipinski definition) is 1. The second-order valence-electron chi connectivity index (χ2n) is 2.84. The quantitative estimate of drug-likeness (QED) is 0.548. The van der Waals surface area contributed by atoms with Crippen LogP contribution in [0, 0.1) is 5.92 Å². The minimum absolute atomic E-state index is 0.0125. The summed E-state index contributed by atoms with van der Waals surface area (Å²) in [4.78, 5) is 0. The smallest absolute Gasteiger partial charge is 0.0543 e. The Kier molecular flexibility index (Phi) is 3.26. The first-order valence-electron chi connectivity index (χ1n) is 3.57. The van der Waals surface area contributed by atoms with Crippen LogP contribution in [0.1, 0.15) is 25.7 Å². The number of halogens is 1. The molecule has 0 bridgehead atoms. The summed E-state index contributed by atoms with van der Waals surface area (Å²) in [6.07, 6.45) is 4.66. The fourth-order valence-corrected chi connectivity index (χ4v) is 2.20. The molecule has 0 aromatic carbocycles. The van der Waals surface area contributed by atoms with Gasteiger partial charge in [-0.05, 0) is 25.2 Å². The third kappa shape index (κ3) is 2.42. The van der Waals surface area contributed by atoms with Crippen LogP contribution >= 0.6 is 22.6 Å². The summed E-state index contributed by atoms with van der Waals surface area (Å²) in [5, 5.41) is 9.21. The molecule has 54 valence electrons. The number of alkyl halides is 1. The van der Waals surface area contributed by atoms with Crippen molar-refractivity contribution >= 4 is 22.6 Å². The summed E-state index contributed by atoms with van der Waals surface area (Å²) in [6.45, 7) is 0. The number of hydrogen-bond donors (Lipinski definition) is 1. The second kappa shape index (κ2) is 3.76. The molecule has 0 saturated heterocycles. The molecule has 0 aromatic heterocycles. The van der Waals surface area contributed by atoms with E-state index in [4.69, 9.17) is 0 Å². The predicted molar refractivity (Wildman–Crippen MR) is 46.9 cm³/mol. The van der Waals surface area contributed by atoms with Gasteiger partial charge in [-0.25, -0.2) is 0 Å². The first-order valence-corrected chi connectivity index (χ1v) is 5.09. The highest BCUT2D eigenvalue weighted by Gasteiger charge is 2.18. The van der Waals surface area contributed by atoms with Gasteiger partial charge in [0.1, 0.15) is 0 Å². The second-order valence-corrected chi connectivity index (χ2v) is 3.72. The highest BCUT2D eigenvalue weighted by Crippen LogP contribution is 2.25. The number of aliphatic hydroxyl groups excluding tert-OH is 1. The molecule has 0 aliphatic heterocycles. The van der Waals surface area contributed by atoms with Crippen molar-refractivity contribution in [2.24, 2.45) is 5.92 Å². The van der Waals surface area contributed by atoms with Gasteiger partial charge in [0.05, 0.1) is 6.10 Å². The molecule has 0 heterocycles. The fourth-order valence-electron chi connectivity index (χ4n) is 1.40. The highest BCUT2D eigenvalue weighted by atomic mass is 127. The molecule has 2 unspecified atom stereocenters. The van der Waals surface area contributed by atoms with Crippen LogP contribution in [0.25, 0.3) is 0 Å². The molecule has 9 heavy (non-hydrogen) atoms. The van der Waals surface area contributed by atoms with Crippen molar-refractivity contribution < 1.29 is 5.11 Å². The third-order valence-corrected chi connectivity index (χ3v) is 3.22. The summed E-state index contributed by atoms with van der Waals surface area (Å²) in [5.74, 6) is 0.800. The highest BCUT2D eigenvalue weighted by molar-refractivity contribution is 14.1. The normalized spacial score (nSPS) is 36.7. The van der Waals surface area contributed by atoms with Gasteiger partial charge in [-0.2, -0.15) is 0 Å². The zero-order chi connectivity index (χ0) is 6.69. The molecule has 0 aromatic rings. The predicted octanol–water partition coefficient (Wildman–Crippen LogP) is 1.97. The minimum atomic E-state index is 0.0125. The average molecular weight is 240 g/mol. The van der Waals surface area contributed by atoms with Gasteiger partial charge in [0.15, 0.2) is 0 Å². The summed E-state index contributed by atoms with van der Waals surface area (Å²) in [7, 11) is 0. The Morgan fingerprint density at radius 3 is 2.67 bits per heavy atom. The van der Waals surface area contributed by atoms with Gasteiger partial charge in [0, 0.05) is 4.43 Å². The molecule has 0 spiro atoms. The largest absolute Gasteiger partial charge is 0.393 e. The molecule has 1 aliphatic carbocycles. The molecular formula is C7H13IO. The number of aliphatic hydroxyl groups is 1. The average Bonchev–Trinajstić information content (AvgIpc) is 1.88. The maximum atomic E-state index is 9.21. The van der Waals surface area contributed by atoms with E-state index in [1.54, 1.807) is 0 Å². The Hall–Kier alpha value is 0.690. The standard InChI is InChI=1S/C7H13IO/c8-5-6-2-1-3-7(9)4-6/h6-7,9H,1-5H2. The summed E-state index contributed by atoms with van der Waals surface area (Å²) < 4.78 is 1.22. The molecule has 1 N–H and O–H groups in total. The van der Waals surface area contributed by atoms with E-state index < -0.39 is 0 Å². The van der Waals surface area contributed by atoms with E-state index in [0.717, 1.165) is 18.8 Å². The first kappa shape index (κ1) is 7.79. The zero-order valence-corrected chi connectivity index (χ0v) is 7.67. The third-order valence-electron chi connectivity index (χ3n) is 1.97. The van der Waals surface area contributed by atoms with Crippen LogP contribution in [0.2, 0.25) is 0 Å². The maximum Gasteiger partial charge on any atom is 0.0543 e. The van der Waals surface area contributed by atoms with Crippen molar-refractivity contribution in [1.29, 1.82) is 0 Å². The molecule has 2 atom stereocenters. The summed E-state index contributed by atoms with van der Waals surface area (Å²) >= 11 is 2.41. The molecule has 1 fully saturated rings. The Balaban J connectivity index is 2.23. The van der Waals surface area contributed by atoms with Crippen LogP contribution in [-0.2, 0) is 0 Å². The molecule has 1 rings (SSSR count). The lowest BCUT2D eigenvalue weighted by molar-refractivity contribution is 0.108. The van der Waals surface area contributed by atoms with E-state index in [0.29, 0.717) is 0 Å². The summed E-state index contributed by atoms with van der Waals surface area (Å²) in [6, 6.07) is 0. The minimum Gasteiger partial charge on any atom is -0.393 e. The van der Waals surface area contributed by atoms with Crippen LogP contribution < -0.4 is 0 Å². The Morgan fingerprint density at radius 2 is 2.22 bits per heavy atom. The monoisotopic (exact) mass is 240 g/mol. The van der Waals surface area contributed by atoms with E-state index in [9.17, 15) is 5.11 Å². The van der Waals surface area contributed by atoms with Crippen molar-refractivity contribution in [2.75, 3.05) is 4.43 Å². The lowest BCUT2D eigenvalue weighted by Gasteiger charge is -2.23.